The second kappa shape index (κ2) is 4.71. The molecule has 78 valence electrons. The number of dihydropyridines is 1. The first-order valence-corrected chi connectivity index (χ1v) is 5.49. The molecule has 2 aliphatic heterocycles. The number of aliphatic imine (C=N–C) groups is 1. The third-order valence-electron chi connectivity index (χ3n) is 2.84. The van der Waals surface area contributed by atoms with E-state index in [4.69, 9.17) is 0 Å². The molecule has 0 saturated carbocycles. The molecule has 0 amide bonds. The first-order valence-electron chi connectivity index (χ1n) is 5.49. The summed E-state index contributed by atoms with van der Waals surface area (Å²) >= 11 is 0. The molecule has 3 nitrogen and oxygen atoms in total. The third-order valence-corrected chi connectivity index (χ3v) is 2.84. The van der Waals surface area contributed by atoms with Gasteiger partial charge in [0.15, 0.2) is 0 Å². The molecule has 2 rings (SSSR count). The normalized spacial score (nSPS) is 28.9. The van der Waals surface area contributed by atoms with E-state index >= 15 is 0 Å². The molecule has 1 unspecified atom stereocenters. The predicted molar refractivity (Wildman–Crippen MR) is 60.0 cm³/mol. The molecule has 0 aromatic rings. The molecule has 14 heavy (non-hydrogen) atoms. The van der Waals surface area contributed by atoms with Gasteiger partial charge in [-0.15, -0.1) is 0 Å². The van der Waals surface area contributed by atoms with Crippen molar-refractivity contribution in [3.63, 3.8) is 0 Å². The Balaban J connectivity index is 1.84. The quantitative estimate of drug-likeness (QED) is 0.698. The summed E-state index contributed by atoms with van der Waals surface area (Å²) in [7, 11) is 0. The summed E-state index contributed by atoms with van der Waals surface area (Å²) in [6.45, 7) is 7.96. The van der Waals surface area contributed by atoms with Gasteiger partial charge in [0.1, 0.15) is 0 Å². The van der Waals surface area contributed by atoms with E-state index in [0.29, 0.717) is 6.04 Å². The largest absolute Gasteiger partial charge is 0.314 e. The van der Waals surface area contributed by atoms with Crippen molar-refractivity contribution in [3.8, 4) is 0 Å². The van der Waals surface area contributed by atoms with Crippen LogP contribution in [0.1, 0.15) is 13.3 Å². The molecule has 0 aromatic heterocycles. The van der Waals surface area contributed by atoms with Crippen LogP contribution in [0.4, 0.5) is 0 Å². The summed E-state index contributed by atoms with van der Waals surface area (Å²) in [5.41, 5.74) is 1.54. The zero-order valence-corrected chi connectivity index (χ0v) is 8.87. The van der Waals surface area contributed by atoms with Crippen molar-refractivity contribution in [2.45, 2.75) is 19.4 Å². The SMILES string of the molecule is CC1CC(CN2CCNCC2)=CC=N1. The van der Waals surface area contributed by atoms with Crippen molar-refractivity contribution in [1.29, 1.82) is 0 Å². The van der Waals surface area contributed by atoms with Gasteiger partial charge in [0, 0.05) is 38.9 Å². The van der Waals surface area contributed by atoms with Crippen molar-refractivity contribution in [1.82, 2.24) is 10.2 Å². The van der Waals surface area contributed by atoms with E-state index in [1.807, 2.05) is 6.21 Å². The Hall–Kier alpha value is -0.670. The lowest BCUT2D eigenvalue weighted by molar-refractivity contribution is 0.257. The molecule has 2 heterocycles. The Kier molecular flexibility index (Phi) is 3.32. The smallest absolute Gasteiger partial charge is 0.0509 e. The maximum Gasteiger partial charge on any atom is 0.0509 e. The van der Waals surface area contributed by atoms with Gasteiger partial charge in [-0.3, -0.25) is 9.89 Å². The lowest BCUT2D eigenvalue weighted by Gasteiger charge is -2.29. The van der Waals surface area contributed by atoms with Gasteiger partial charge in [0.05, 0.1) is 6.04 Å². The minimum Gasteiger partial charge on any atom is -0.314 e. The van der Waals surface area contributed by atoms with E-state index in [2.05, 4.69) is 28.2 Å². The Morgan fingerprint density at radius 2 is 2.29 bits per heavy atom. The molecule has 0 spiro atoms. The Bertz CT molecular complexity index is 239. The fourth-order valence-corrected chi connectivity index (χ4v) is 2.07. The standard InChI is InChI=1S/C11H19N3/c1-10-8-11(2-3-13-10)9-14-6-4-12-5-7-14/h2-3,10,12H,4-9H2,1H3. The van der Waals surface area contributed by atoms with Gasteiger partial charge in [0.25, 0.3) is 0 Å². The molecule has 1 atom stereocenters. The molecule has 1 fully saturated rings. The van der Waals surface area contributed by atoms with Crippen LogP contribution in [0.15, 0.2) is 16.6 Å². The first-order chi connectivity index (χ1) is 6.84. The van der Waals surface area contributed by atoms with Crippen molar-refractivity contribution in [3.05, 3.63) is 11.6 Å². The lowest BCUT2D eigenvalue weighted by atomic mass is 10.0. The van der Waals surface area contributed by atoms with Crippen molar-refractivity contribution in [2.24, 2.45) is 4.99 Å². The zero-order valence-electron chi connectivity index (χ0n) is 8.87. The van der Waals surface area contributed by atoms with E-state index in [9.17, 15) is 0 Å². The van der Waals surface area contributed by atoms with Crippen LogP contribution in [0.3, 0.4) is 0 Å². The van der Waals surface area contributed by atoms with Crippen LogP contribution in [0.25, 0.3) is 0 Å². The topological polar surface area (TPSA) is 27.6 Å². The fraction of sp³-hybridized carbons (Fsp3) is 0.727. The van der Waals surface area contributed by atoms with Crippen LogP contribution in [-0.4, -0.2) is 49.9 Å². The number of allylic oxidation sites excluding steroid dienone is 1. The molecule has 0 aliphatic carbocycles. The monoisotopic (exact) mass is 193 g/mol. The number of rotatable bonds is 2. The molecule has 0 bridgehead atoms. The van der Waals surface area contributed by atoms with Crippen molar-refractivity contribution < 1.29 is 0 Å². The lowest BCUT2D eigenvalue weighted by Crippen LogP contribution is -2.44. The van der Waals surface area contributed by atoms with Crippen molar-refractivity contribution in [2.75, 3.05) is 32.7 Å². The van der Waals surface area contributed by atoms with Crippen LogP contribution < -0.4 is 5.32 Å². The highest BCUT2D eigenvalue weighted by Crippen LogP contribution is 2.13. The molecule has 1 saturated heterocycles. The minimum absolute atomic E-state index is 0.484. The molecule has 2 aliphatic rings. The second-order valence-corrected chi connectivity index (χ2v) is 4.20. The number of piperazine rings is 1. The Labute approximate surface area is 85.9 Å². The number of hydrogen-bond donors (Lipinski definition) is 1. The average molecular weight is 193 g/mol. The Morgan fingerprint density at radius 3 is 3.00 bits per heavy atom. The van der Waals surface area contributed by atoms with E-state index < -0.39 is 0 Å². The van der Waals surface area contributed by atoms with Crippen LogP contribution >= 0.6 is 0 Å². The van der Waals surface area contributed by atoms with Gasteiger partial charge in [0.2, 0.25) is 0 Å². The van der Waals surface area contributed by atoms with Gasteiger partial charge in [-0.05, 0) is 19.4 Å². The summed E-state index contributed by atoms with van der Waals surface area (Å²) in [5, 5.41) is 3.37. The predicted octanol–water partition coefficient (Wildman–Crippen LogP) is 0.681. The number of hydrogen-bond acceptors (Lipinski definition) is 3. The minimum atomic E-state index is 0.484. The van der Waals surface area contributed by atoms with Gasteiger partial charge in [-0.25, -0.2) is 0 Å². The third kappa shape index (κ3) is 2.66. The van der Waals surface area contributed by atoms with E-state index in [-0.39, 0.29) is 0 Å². The van der Waals surface area contributed by atoms with Gasteiger partial charge in [-0.1, -0.05) is 5.57 Å². The molecular weight excluding hydrogens is 174 g/mol. The molecular formula is C11H19N3. The summed E-state index contributed by atoms with van der Waals surface area (Å²) in [6.07, 6.45) is 5.29. The average Bonchev–Trinajstić information content (AvgIpc) is 2.19. The van der Waals surface area contributed by atoms with Gasteiger partial charge >= 0.3 is 0 Å². The van der Waals surface area contributed by atoms with Crippen LogP contribution in [0, 0.1) is 0 Å². The Morgan fingerprint density at radius 1 is 1.50 bits per heavy atom. The summed E-state index contributed by atoms with van der Waals surface area (Å²) in [5.74, 6) is 0. The summed E-state index contributed by atoms with van der Waals surface area (Å²) in [6, 6.07) is 0.484. The van der Waals surface area contributed by atoms with Gasteiger partial charge < -0.3 is 5.32 Å². The highest BCUT2D eigenvalue weighted by atomic mass is 15.2. The molecule has 1 N–H and O–H groups in total. The highest BCUT2D eigenvalue weighted by molar-refractivity contribution is 5.73. The zero-order chi connectivity index (χ0) is 9.80. The van der Waals surface area contributed by atoms with E-state index in [1.165, 1.54) is 18.7 Å². The number of nitrogens with one attached hydrogen (secondary N) is 1. The van der Waals surface area contributed by atoms with Gasteiger partial charge in [-0.2, -0.15) is 0 Å². The maximum absolute atomic E-state index is 4.34. The van der Waals surface area contributed by atoms with Crippen LogP contribution in [0.5, 0.6) is 0 Å². The van der Waals surface area contributed by atoms with E-state index in [1.54, 1.807) is 0 Å². The highest BCUT2D eigenvalue weighted by Gasteiger charge is 2.13. The molecule has 3 heteroatoms. The van der Waals surface area contributed by atoms with Crippen LogP contribution in [0.2, 0.25) is 0 Å². The molecule has 0 radical (unpaired) electrons. The number of nitrogens with zero attached hydrogens (tertiary/aromatic N) is 2. The first kappa shape index (κ1) is 9.87. The van der Waals surface area contributed by atoms with Crippen molar-refractivity contribution >= 4 is 6.21 Å². The fourth-order valence-electron chi connectivity index (χ4n) is 2.07. The maximum atomic E-state index is 4.34. The second-order valence-electron chi connectivity index (χ2n) is 4.20. The van der Waals surface area contributed by atoms with E-state index in [0.717, 1.165) is 26.1 Å². The summed E-state index contributed by atoms with van der Waals surface area (Å²) in [4.78, 5) is 6.86. The molecule has 0 aromatic carbocycles. The summed E-state index contributed by atoms with van der Waals surface area (Å²) < 4.78 is 0. The van der Waals surface area contributed by atoms with Crippen LogP contribution in [-0.2, 0) is 0 Å².